The van der Waals surface area contributed by atoms with Crippen molar-refractivity contribution < 1.29 is 9.59 Å². The summed E-state index contributed by atoms with van der Waals surface area (Å²) in [6.07, 6.45) is 2.38. The van der Waals surface area contributed by atoms with Crippen molar-refractivity contribution in [3.05, 3.63) is 65.7 Å². The van der Waals surface area contributed by atoms with E-state index in [2.05, 4.69) is 24.4 Å². The lowest BCUT2D eigenvalue weighted by Crippen LogP contribution is -2.45. The molecule has 1 atom stereocenters. The van der Waals surface area contributed by atoms with Gasteiger partial charge in [-0.05, 0) is 57.4 Å². The molecule has 2 amide bonds. The lowest BCUT2D eigenvalue weighted by molar-refractivity contribution is -0.135. The number of likely N-dealkylation sites (N-methyl/N-ethyl adjacent to an activating group) is 1. The average Bonchev–Trinajstić information content (AvgIpc) is 3.53. The first-order valence-corrected chi connectivity index (χ1v) is 10.3. The zero-order valence-corrected chi connectivity index (χ0v) is 17.6. The van der Waals surface area contributed by atoms with E-state index in [-0.39, 0.29) is 30.9 Å². The highest BCUT2D eigenvalue weighted by molar-refractivity contribution is 5.92. The molecule has 0 aromatic heterocycles. The van der Waals surface area contributed by atoms with Crippen LogP contribution < -0.4 is 5.32 Å². The first kappa shape index (κ1) is 21.1. The minimum absolute atomic E-state index is 0.0684. The second-order valence-corrected chi connectivity index (χ2v) is 8.17. The molecule has 1 aliphatic rings. The molecule has 1 fully saturated rings. The highest BCUT2D eigenvalue weighted by Gasteiger charge is 2.34. The van der Waals surface area contributed by atoms with E-state index in [1.165, 1.54) is 12.8 Å². The molecular weight excluding hydrogens is 362 g/mol. The molecule has 3 rings (SSSR count). The Morgan fingerprint density at radius 1 is 1.03 bits per heavy atom. The third kappa shape index (κ3) is 6.43. The van der Waals surface area contributed by atoms with Crippen LogP contribution >= 0.6 is 0 Å². The molecule has 0 radical (unpaired) electrons. The Labute approximate surface area is 173 Å². The summed E-state index contributed by atoms with van der Waals surface area (Å²) >= 11 is 0. The minimum atomic E-state index is -0.117. The van der Waals surface area contributed by atoms with Gasteiger partial charge in [-0.25, -0.2) is 0 Å². The number of amides is 2. The summed E-state index contributed by atoms with van der Waals surface area (Å²) in [4.78, 5) is 29.1. The highest BCUT2D eigenvalue weighted by Crippen LogP contribution is 2.35. The highest BCUT2D eigenvalue weighted by atomic mass is 16.2. The van der Waals surface area contributed by atoms with Gasteiger partial charge >= 0.3 is 0 Å². The van der Waals surface area contributed by atoms with Gasteiger partial charge in [0.2, 0.25) is 11.8 Å². The van der Waals surface area contributed by atoms with E-state index in [4.69, 9.17) is 0 Å². The van der Waals surface area contributed by atoms with Gasteiger partial charge in [-0.3, -0.25) is 14.5 Å². The smallest absolute Gasteiger partial charge is 0.238 e. The van der Waals surface area contributed by atoms with Gasteiger partial charge in [0.25, 0.3) is 0 Å². The van der Waals surface area contributed by atoms with Crippen LogP contribution in [0, 0.1) is 12.8 Å². The number of nitrogens with one attached hydrogen (secondary N) is 1. The molecule has 0 saturated heterocycles. The Morgan fingerprint density at radius 3 is 2.31 bits per heavy atom. The minimum Gasteiger partial charge on any atom is -0.334 e. The second kappa shape index (κ2) is 9.70. The van der Waals surface area contributed by atoms with Gasteiger partial charge in [-0.1, -0.05) is 48.0 Å². The van der Waals surface area contributed by atoms with Crippen molar-refractivity contribution in [3.8, 4) is 0 Å². The van der Waals surface area contributed by atoms with E-state index >= 15 is 0 Å². The van der Waals surface area contributed by atoms with Gasteiger partial charge in [0.1, 0.15) is 0 Å². The lowest BCUT2D eigenvalue weighted by atomic mass is 10.1. The van der Waals surface area contributed by atoms with E-state index in [9.17, 15) is 9.59 Å². The van der Waals surface area contributed by atoms with E-state index < -0.39 is 0 Å². The summed E-state index contributed by atoms with van der Waals surface area (Å²) in [6, 6.07) is 18.0. The van der Waals surface area contributed by atoms with Crippen LogP contribution in [0.15, 0.2) is 54.6 Å². The number of aryl methyl sites for hydroxylation is 1. The molecule has 1 aliphatic carbocycles. The molecule has 5 heteroatoms. The number of benzene rings is 2. The van der Waals surface area contributed by atoms with Crippen LogP contribution in [-0.2, 0) is 16.1 Å². The molecule has 154 valence electrons. The number of anilines is 1. The predicted molar refractivity (Wildman–Crippen MR) is 116 cm³/mol. The van der Waals surface area contributed by atoms with Crippen LogP contribution in [0.25, 0.3) is 0 Å². The Balaban J connectivity index is 1.56. The molecule has 2 aromatic rings. The normalized spacial score (nSPS) is 14.5. The van der Waals surface area contributed by atoms with Crippen molar-refractivity contribution in [1.82, 2.24) is 9.80 Å². The van der Waals surface area contributed by atoms with Crippen LogP contribution in [0.5, 0.6) is 0 Å². The molecule has 0 heterocycles. The summed E-state index contributed by atoms with van der Waals surface area (Å²) in [7, 11) is 1.81. The molecule has 1 N–H and O–H groups in total. The predicted octanol–water partition coefficient (Wildman–Crippen LogP) is 3.69. The van der Waals surface area contributed by atoms with Gasteiger partial charge in [-0.2, -0.15) is 0 Å². The molecule has 0 unspecified atom stereocenters. The molecule has 29 heavy (non-hydrogen) atoms. The average molecular weight is 394 g/mol. The van der Waals surface area contributed by atoms with Gasteiger partial charge < -0.3 is 10.2 Å². The van der Waals surface area contributed by atoms with E-state index in [0.29, 0.717) is 12.5 Å². The fourth-order valence-corrected chi connectivity index (χ4v) is 3.53. The van der Waals surface area contributed by atoms with Crippen LogP contribution in [-0.4, -0.2) is 47.8 Å². The quantitative estimate of drug-likeness (QED) is 0.707. The molecule has 5 nitrogen and oxygen atoms in total. The SMILES string of the molecule is Cc1ccc(NC(=O)CN(C)CC(=O)N(Cc2ccccc2)[C@@H](C)C2CC2)cc1. The van der Waals surface area contributed by atoms with Crippen molar-refractivity contribution in [2.24, 2.45) is 5.92 Å². The Hall–Kier alpha value is -2.66. The standard InChI is InChI=1S/C24H31N3O2/c1-18-9-13-22(14-10-18)25-23(28)16-26(3)17-24(29)27(19(2)21-11-12-21)15-20-7-5-4-6-8-20/h4-10,13-14,19,21H,11-12,15-17H2,1-3H3,(H,25,28)/t19-/m0/s1. The van der Waals surface area contributed by atoms with Crippen LogP contribution in [0.3, 0.4) is 0 Å². The Morgan fingerprint density at radius 2 is 1.69 bits per heavy atom. The molecule has 0 bridgehead atoms. The first-order chi connectivity index (χ1) is 13.9. The number of carbonyl (C=O) groups excluding carboxylic acids is 2. The van der Waals surface area contributed by atoms with E-state index in [0.717, 1.165) is 16.8 Å². The maximum absolute atomic E-state index is 13.1. The maximum atomic E-state index is 13.1. The van der Waals surface area contributed by atoms with Crippen LogP contribution in [0.2, 0.25) is 0 Å². The van der Waals surface area contributed by atoms with Gasteiger partial charge in [-0.15, -0.1) is 0 Å². The molecule has 0 aliphatic heterocycles. The summed E-state index contributed by atoms with van der Waals surface area (Å²) in [5.41, 5.74) is 3.05. The molecule has 2 aromatic carbocycles. The summed E-state index contributed by atoms with van der Waals surface area (Å²) in [5, 5.41) is 2.89. The van der Waals surface area contributed by atoms with Crippen LogP contribution in [0.1, 0.15) is 30.9 Å². The van der Waals surface area contributed by atoms with E-state index in [1.54, 1.807) is 4.90 Å². The first-order valence-electron chi connectivity index (χ1n) is 10.3. The lowest BCUT2D eigenvalue weighted by Gasteiger charge is -2.31. The summed E-state index contributed by atoms with van der Waals surface area (Å²) < 4.78 is 0. The fourth-order valence-electron chi connectivity index (χ4n) is 3.53. The molecule has 1 saturated carbocycles. The summed E-state index contributed by atoms with van der Waals surface area (Å²) in [5.74, 6) is 0.547. The monoisotopic (exact) mass is 393 g/mol. The number of rotatable bonds is 9. The third-order valence-corrected chi connectivity index (χ3v) is 5.47. The second-order valence-electron chi connectivity index (χ2n) is 8.17. The van der Waals surface area contributed by atoms with Crippen molar-refractivity contribution >= 4 is 17.5 Å². The van der Waals surface area contributed by atoms with Crippen molar-refractivity contribution in [1.29, 1.82) is 0 Å². The topological polar surface area (TPSA) is 52.7 Å². The zero-order chi connectivity index (χ0) is 20.8. The number of hydrogen-bond donors (Lipinski definition) is 1. The van der Waals surface area contributed by atoms with Gasteiger partial charge in [0, 0.05) is 18.3 Å². The third-order valence-electron chi connectivity index (χ3n) is 5.47. The molecular formula is C24H31N3O2. The number of carbonyl (C=O) groups is 2. The van der Waals surface area contributed by atoms with Crippen molar-refractivity contribution in [3.63, 3.8) is 0 Å². The van der Waals surface area contributed by atoms with Gasteiger partial charge in [0.05, 0.1) is 13.1 Å². The number of nitrogens with zero attached hydrogens (tertiary/aromatic N) is 2. The van der Waals surface area contributed by atoms with Crippen molar-refractivity contribution in [2.75, 3.05) is 25.5 Å². The largest absolute Gasteiger partial charge is 0.334 e. The van der Waals surface area contributed by atoms with E-state index in [1.807, 2.05) is 61.3 Å². The fraction of sp³-hybridized carbons (Fsp3) is 0.417. The Kier molecular flexibility index (Phi) is 7.04. The Bertz CT molecular complexity index is 816. The van der Waals surface area contributed by atoms with Crippen molar-refractivity contribution in [2.45, 2.75) is 39.3 Å². The number of hydrogen-bond acceptors (Lipinski definition) is 3. The maximum Gasteiger partial charge on any atom is 0.238 e. The van der Waals surface area contributed by atoms with Gasteiger partial charge in [0.15, 0.2) is 0 Å². The van der Waals surface area contributed by atoms with Crippen LogP contribution in [0.4, 0.5) is 5.69 Å². The summed E-state index contributed by atoms with van der Waals surface area (Å²) in [6.45, 7) is 5.17. The molecule has 0 spiro atoms. The zero-order valence-electron chi connectivity index (χ0n) is 17.6.